The molecule has 240 valence electrons. The van der Waals surface area contributed by atoms with Gasteiger partial charge in [0.2, 0.25) is 11.7 Å². The summed E-state index contributed by atoms with van der Waals surface area (Å²) in [5.74, 6) is -3.41. The molecule has 0 spiro atoms. The summed E-state index contributed by atoms with van der Waals surface area (Å²) in [5, 5.41) is 101. The average Bonchev–Trinajstić information content (AvgIpc) is 2.98. The SMILES string of the molecule is C[C@H]1O[C@@H](OOc2c(-c3ccc(O)c(O)c3)oc3cc(O)cc(O)c3c2=O)[C@H](O[C@H]2O[C@H](CO)[C@@H](O)[C@H](O)[C@H]2O)[C@H](O)[C@H]1O. The number of fused-ring (bicyclic) bond motifs is 1. The van der Waals surface area contributed by atoms with Crippen LogP contribution in [0.4, 0.5) is 0 Å². The number of aromatic hydroxyl groups is 4. The maximum atomic E-state index is 13.5. The molecule has 0 amide bonds. The minimum atomic E-state index is -1.90. The Morgan fingerprint density at radius 2 is 1.52 bits per heavy atom. The monoisotopic (exact) mass is 626 g/mol. The molecule has 5 rings (SSSR count). The first-order valence-corrected chi connectivity index (χ1v) is 13.2. The van der Waals surface area contributed by atoms with Crippen molar-refractivity contribution in [3.05, 3.63) is 40.6 Å². The predicted molar refractivity (Wildman–Crippen MR) is 141 cm³/mol. The van der Waals surface area contributed by atoms with Crippen molar-refractivity contribution >= 4 is 11.0 Å². The van der Waals surface area contributed by atoms with Crippen LogP contribution in [0.3, 0.4) is 0 Å². The van der Waals surface area contributed by atoms with Crippen LogP contribution in [0.2, 0.25) is 0 Å². The molecule has 2 aromatic carbocycles. The molecule has 2 aliphatic rings. The van der Waals surface area contributed by atoms with E-state index in [1.54, 1.807) is 0 Å². The highest BCUT2D eigenvalue weighted by Crippen LogP contribution is 2.39. The molecule has 3 heterocycles. The summed E-state index contributed by atoms with van der Waals surface area (Å²) in [4.78, 5) is 24.2. The Kier molecular flexibility index (Phi) is 8.87. The summed E-state index contributed by atoms with van der Waals surface area (Å²) in [7, 11) is 0. The molecular formula is C27H30O17. The van der Waals surface area contributed by atoms with Gasteiger partial charge in [0.15, 0.2) is 23.5 Å². The molecular weight excluding hydrogens is 596 g/mol. The fraction of sp³-hybridized carbons (Fsp3) is 0.444. The van der Waals surface area contributed by atoms with E-state index in [9.17, 15) is 55.9 Å². The van der Waals surface area contributed by atoms with Gasteiger partial charge < -0.3 is 74.6 Å². The Hall–Kier alpha value is -3.75. The van der Waals surface area contributed by atoms with Gasteiger partial charge in [0, 0.05) is 17.7 Å². The summed E-state index contributed by atoms with van der Waals surface area (Å²) in [6.45, 7) is 0.572. The molecule has 10 N–H and O–H groups in total. The van der Waals surface area contributed by atoms with E-state index >= 15 is 0 Å². The van der Waals surface area contributed by atoms with Gasteiger partial charge in [-0.25, -0.2) is 0 Å². The maximum absolute atomic E-state index is 13.5. The van der Waals surface area contributed by atoms with E-state index in [0.29, 0.717) is 0 Å². The molecule has 0 radical (unpaired) electrons. The number of aliphatic hydroxyl groups is 6. The minimum Gasteiger partial charge on any atom is -0.508 e. The molecule has 0 aliphatic carbocycles. The van der Waals surface area contributed by atoms with E-state index in [1.807, 2.05) is 0 Å². The number of phenolic OH excluding ortho intramolecular Hbond substituents is 4. The lowest BCUT2D eigenvalue weighted by atomic mass is 9.97. The van der Waals surface area contributed by atoms with E-state index in [-0.39, 0.29) is 11.1 Å². The Labute approximate surface area is 246 Å². The van der Waals surface area contributed by atoms with Crippen molar-refractivity contribution < 1.29 is 79.5 Å². The first-order valence-electron chi connectivity index (χ1n) is 13.2. The molecule has 2 aliphatic heterocycles. The van der Waals surface area contributed by atoms with Gasteiger partial charge in [0.1, 0.15) is 65.2 Å². The average molecular weight is 627 g/mol. The second-order valence-corrected chi connectivity index (χ2v) is 10.3. The van der Waals surface area contributed by atoms with E-state index in [4.69, 9.17) is 28.4 Å². The first-order chi connectivity index (χ1) is 20.8. The number of hydrogen-bond acceptors (Lipinski definition) is 17. The number of aliphatic hydroxyl groups excluding tert-OH is 6. The zero-order valence-electron chi connectivity index (χ0n) is 22.7. The highest BCUT2D eigenvalue weighted by molar-refractivity contribution is 5.88. The van der Waals surface area contributed by atoms with Gasteiger partial charge in [-0.2, -0.15) is 4.89 Å². The summed E-state index contributed by atoms with van der Waals surface area (Å²) in [5.41, 5.74) is -1.38. The van der Waals surface area contributed by atoms with Crippen LogP contribution in [0, 0.1) is 0 Å². The molecule has 17 heteroatoms. The Bertz CT molecular complexity index is 1560. The van der Waals surface area contributed by atoms with Crippen LogP contribution < -0.4 is 10.3 Å². The summed E-state index contributed by atoms with van der Waals surface area (Å²) in [6, 6.07) is 5.22. The zero-order valence-corrected chi connectivity index (χ0v) is 22.7. The van der Waals surface area contributed by atoms with E-state index < -0.39 is 113 Å². The normalized spacial score (nSPS) is 32.5. The van der Waals surface area contributed by atoms with Crippen molar-refractivity contribution in [2.24, 2.45) is 0 Å². The predicted octanol–water partition coefficient (Wildman–Crippen LogP) is -1.76. The van der Waals surface area contributed by atoms with Gasteiger partial charge in [-0.1, -0.05) is 0 Å². The Balaban J connectivity index is 1.51. The number of phenols is 4. The van der Waals surface area contributed by atoms with Gasteiger partial charge in [-0.05, 0) is 25.1 Å². The van der Waals surface area contributed by atoms with Crippen LogP contribution in [-0.4, -0.2) is 119 Å². The largest absolute Gasteiger partial charge is 0.508 e. The van der Waals surface area contributed by atoms with Crippen LogP contribution in [-0.2, 0) is 19.1 Å². The van der Waals surface area contributed by atoms with Crippen molar-refractivity contribution in [3.8, 4) is 40.1 Å². The third-order valence-electron chi connectivity index (χ3n) is 7.31. The van der Waals surface area contributed by atoms with Gasteiger partial charge in [-0.3, -0.25) is 4.79 Å². The molecule has 10 atom stereocenters. The topological polar surface area (TPSA) is 279 Å². The second kappa shape index (κ2) is 12.3. The number of rotatable bonds is 7. The van der Waals surface area contributed by atoms with E-state index in [1.165, 1.54) is 13.0 Å². The van der Waals surface area contributed by atoms with Crippen LogP contribution in [0.5, 0.6) is 28.7 Å². The van der Waals surface area contributed by atoms with E-state index in [0.717, 1.165) is 24.3 Å². The molecule has 2 saturated heterocycles. The highest BCUT2D eigenvalue weighted by Gasteiger charge is 2.51. The lowest BCUT2D eigenvalue weighted by molar-refractivity contribution is -0.411. The van der Waals surface area contributed by atoms with Gasteiger partial charge in [-0.15, -0.1) is 0 Å². The minimum absolute atomic E-state index is 0.0387. The number of benzene rings is 2. The van der Waals surface area contributed by atoms with Crippen LogP contribution in [0.25, 0.3) is 22.3 Å². The summed E-state index contributed by atoms with van der Waals surface area (Å²) >= 11 is 0. The number of hydrogen-bond donors (Lipinski definition) is 10. The second-order valence-electron chi connectivity index (χ2n) is 10.3. The third kappa shape index (κ3) is 5.73. The Morgan fingerprint density at radius 3 is 2.20 bits per heavy atom. The van der Waals surface area contributed by atoms with Gasteiger partial charge in [0.25, 0.3) is 5.75 Å². The van der Waals surface area contributed by atoms with Gasteiger partial charge in [0.05, 0.1) is 12.7 Å². The smallest absolute Gasteiger partial charge is 0.256 e. The molecule has 0 bridgehead atoms. The van der Waals surface area contributed by atoms with Crippen LogP contribution in [0.15, 0.2) is 39.5 Å². The number of ether oxygens (including phenoxy) is 3. The summed E-state index contributed by atoms with van der Waals surface area (Å²) < 4.78 is 22.2. The molecule has 1 aromatic heterocycles. The fourth-order valence-corrected chi connectivity index (χ4v) is 4.85. The van der Waals surface area contributed by atoms with Crippen molar-refractivity contribution in [2.75, 3.05) is 6.61 Å². The first kappa shape index (κ1) is 31.7. The van der Waals surface area contributed by atoms with Crippen molar-refractivity contribution in [3.63, 3.8) is 0 Å². The molecule has 17 nitrogen and oxygen atoms in total. The standard InChI is InChI=1S/C27H30O17/c1-8-17(33)21(37)25(42-26-22(38)20(36)18(34)15(7-28)41-26)27(39-8)44-43-24-19(35)16-13(32)5-10(29)6-14(16)40-23(24)9-2-3-11(30)12(31)4-9/h2-6,8,15,17-18,20-22,25-34,36-38H,7H2,1H3/t8-,15-,17+,18-,20+,21-,22-,25-,26-,27+/m1/s1. The van der Waals surface area contributed by atoms with Crippen LogP contribution in [0.1, 0.15) is 6.92 Å². The van der Waals surface area contributed by atoms with Crippen LogP contribution >= 0.6 is 0 Å². The Morgan fingerprint density at radius 1 is 0.795 bits per heavy atom. The molecule has 0 saturated carbocycles. The van der Waals surface area contributed by atoms with Crippen molar-refractivity contribution in [1.29, 1.82) is 0 Å². The molecule has 44 heavy (non-hydrogen) atoms. The van der Waals surface area contributed by atoms with Gasteiger partial charge >= 0.3 is 0 Å². The quantitative estimate of drug-likeness (QED) is 0.0790. The van der Waals surface area contributed by atoms with Crippen molar-refractivity contribution in [2.45, 2.75) is 68.3 Å². The molecule has 0 unspecified atom stereocenters. The van der Waals surface area contributed by atoms with Crippen molar-refractivity contribution in [1.82, 2.24) is 0 Å². The molecule has 2 fully saturated rings. The lowest BCUT2D eigenvalue weighted by Crippen LogP contribution is -2.64. The van der Waals surface area contributed by atoms with E-state index in [2.05, 4.69) is 0 Å². The highest BCUT2D eigenvalue weighted by atomic mass is 17.2. The summed E-state index contributed by atoms with van der Waals surface area (Å²) in [6.07, 6.45) is -16.7. The molecule has 3 aromatic rings. The fourth-order valence-electron chi connectivity index (χ4n) is 4.85. The lowest BCUT2D eigenvalue weighted by Gasteiger charge is -2.45. The zero-order chi connectivity index (χ0) is 32.0. The third-order valence-corrected chi connectivity index (χ3v) is 7.31. The maximum Gasteiger partial charge on any atom is 0.256 e.